The van der Waals surface area contributed by atoms with Crippen molar-refractivity contribution in [2.24, 2.45) is 0 Å². The zero-order valence-electron chi connectivity index (χ0n) is 16.4. The van der Waals surface area contributed by atoms with Gasteiger partial charge in [0.15, 0.2) is 0 Å². The molecule has 2 aromatic carbocycles. The lowest BCUT2D eigenvalue weighted by Gasteiger charge is -2.18. The van der Waals surface area contributed by atoms with Crippen molar-refractivity contribution in [3.05, 3.63) is 67.3 Å². The molecule has 3 aromatic rings. The van der Waals surface area contributed by atoms with Crippen molar-refractivity contribution < 1.29 is 9.47 Å². The molecule has 0 saturated carbocycles. The van der Waals surface area contributed by atoms with Gasteiger partial charge < -0.3 is 9.47 Å². The Bertz CT molecular complexity index is 844. The van der Waals surface area contributed by atoms with Gasteiger partial charge in [0.25, 0.3) is 0 Å². The van der Waals surface area contributed by atoms with Crippen LogP contribution in [0.25, 0.3) is 21.6 Å². The Morgan fingerprint density at radius 3 is 1.89 bits per heavy atom. The topological polar surface area (TPSA) is 18.5 Å². The third-order valence-electron chi connectivity index (χ3n) is 4.81. The highest BCUT2D eigenvalue weighted by molar-refractivity contribution is 7.29. The maximum Gasteiger partial charge on any atom is 0.118 e. The van der Waals surface area contributed by atoms with E-state index < -0.39 is 8.07 Å². The maximum atomic E-state index is 5.32. The minimum absolute atomic E-state index is 0.876. The van der Waals surface area contributed by atoms with E-state index in [1.165, 1.54) is 26.1 Å². The quantitative estimate of drug-likeness (QED) is 0.351. The van der Waals surface area contributed by atoms with Gasteiger partial charge in [0, 0.05) is 10.4 Å². The molecule has 0 atom stereocenters. The summed E-state index contributed by atoms with van der Waals surface area (Å²) in [6.07, 6.45) is 2.06. The second kappa shape index (κ2) is 8.15. The number of methoxy groups -OCH3 is 2. The van der Waals surface area contributed by atoms with E-state index >= 15 is 0 Å². The van der Waals surface area contributed by atoms with E-state index in [4.69, 9.17) is 9.47 Å². The Morgan fingerprint density at radius 1 is 0.889 bits per heavy atom. The van der Waals surface area contributed by atoms with Gasteiger partial charge in [-0.25, -0.2) is 0 Å². The smallest absolute Gasteiger partial charge is 0.118 e. The van der Waals surface area contributed by atoms with Gasteiger partial charge in [-0.05, 0) is 64.1 Å². The lowest BCUT2D eigenvalue weighted by molar-refractivity contribution is 0.414. The average molecular weight is 395 g/mol. The zero-order chi connectivity index (χ0) is 19.4. The molecule has 0 aliphatic carbocycles. The molecule has 0 amide bonds. The molecule has 0 radical (unpaired) electrons. The Hall–Kier alpha value is -2.30. The van der Waals surface area contributed by atoms with Crippen molar-refractivity contribution in [2.45, 2.75) is 19.1 Å². The highest BCUT2D eigenvalue weighted by Gasteiger charge is 2.26. The first-order valence-electron chi connectivity index (χ1n) is 9.02. The van der Waals surface area contributed by atoms with E-state index in [2.05, 4.69) is 56.1 Å². The van der Waals surface area contributed by atoms with Crippen molar-refractivity contribution in [3.8, 4) is 33.1 Å². The minimum Gasteiger partial charge on any atom is -0.497 e. The molecule has 0 bridgehead atoms. The Labute approximate surface area is 167 Å². The van der Waals surface area contributed by atoms with Crippen LogP contribution in [0.1, 0.15) is 0 Å². The molecule has 0 aliphatic rings. The molecule has 0 N–H and O–H groups in total. The molecule has 3 rings (SSSR count). The van der Waals surface area contributed by atoms with E-state index in [1.54, 1.807) is 14.2 Å². The highest BCUT2D eigenvalue weighted by atomic mass is 32.1. The molecule has 0 saturated heterocycles. The number of thiophene rings is 1. The largest absolute Gasteiger partial charge is 0.497 e. The summed E-state index contributed by atoms with van der Waals surface area (Å²) < 4.78 is 12.1. The zero-order valence-corrected chi connectivity index (χ0v) is 18.2. The van der Waals surface area contributed by atoms with E-state index in [1.807, 2.05) is 35.6 Å². The Morgan fingerprint density at radius 2 is 1.41 bits per heavy atom. The van der Waals surface area contributed by atoms with Crippen LogP contribution in [0, 0.1) is 0 Å². The molecule has 0 aliphatic heterocycles. The van der Waals surface area contributed by atoms with Gasteiger partial charge in [0.05, 0.1) is 22.3 Å². The van der Waals surface area contributed by atoms with E-state index in [0.717, 1.165) is 17.5 Å². The second-order valence-corrected chi connectivity index (χ2v) is 13.3. The molecular formula is C23H26O2SSi. The summed E-state index contributed by atoms with van der Waals surface area (Å²) in [5.74, 6) is 1.75. The maximum absolute atomic E-state index is 5.32. The Balaban J connectivity index is 2.13. The summed E-state index contributed by atoms with van der Waals surface area (Å²) in [7, 11) is 1.86. The molecule has 0 unspecified atom stereocenters. The first-order chi connectivity index (χ1) is 13.0. The molecular weight excluding hydrogens is 368 g/mol. The number of allylic oxidation sites excluding steroid dienone is 1. The van der Waals surface area contributed by atoms with Crippen LogP contribution in [-0.2, 0) is 0 Å². The summed E-state index contributed by atoms with van der Waals surface area (Å²) in [5.41, 5.74) is 3.72. The number of rotatable bonds is 7. The fraction of sp³-hybridized carbons (Fsp3) is 0.217. The SMILES string of the molecule is C=CC[Si](C)(C)c1cc(-c2ccc(OC)cc2)c(-c2ccc(OC)cc2)s1. The predicted octanol–water partition coefficient (Wildman–Crippen LogP) is 6.20. The van der Waals surface area contributed by atoms with Crippen molar-refractivity contribution in [1.29, 1.82) is 0 Å². The van der Waals surface area contributed by atoms with Gasteiger partial charge >= 0.3 is 0 Å². The number of hydrogen-bond acceptors (Lipinski definition) is 3. The van der Waals surface area contributed by atoms with Gasteiger partial charge in [-0.1, -0.05) is 31.3 Å². The number of benzene rings is 2. The van der Waals surface area contributed by atoms with Crippen molar-refractivity contribution in [2.75, 3.05) is 14.2 Å². The van der Waals surface area contributed by atoms with Gasteiger partial charge in [-0.2, -0.15) is 0 Å². The first kappa shape index (κ1) is 19.5. The molecule has 1 heterocycles. The lowest BCUT2D eigenvalue weighted by atomic mass is 10.0. The third-order valence-corrected chi connectivity index (χ3v) is 10.6. The molecule has 140 valence electrons. The Kier molecular flexibility index (Phi) is 5.88. The summed E-state index contributed by atoms with van der Waals surface area (Å²) in [6.45, 7) is 8.79. The molecule has 4 heteroatoms. The molecule has 1 aromatic heterocycles. The first-order valence-corrected chi connectivity index (χ1v) is 13.0. The fourth-order valence-corrected chi connectivity index (χ4v) is 7.18. The molecule has 27 heavy (non-hydrogen) atoms. The van der Waals surface area contributed by atoms with Crippen LogP contribution in [0.15, 0.2) is 67.3 Å². The van der Waals surface area contributed by atoms with Gasteiger partial charge in [-0.15, -0.1) is 17.9 Å². The average Bonchev–Trinajstić information content (AvgIpc) is 3.14. The number of hydrogen-bond donors (Lipinski definition) is 0. The van der Waals surface area contributed by atoms with Crippen LogP contribution in [0.5, 0.6) is 11.5 Å². The van der Waals surface area contributed by atoms with Crippen LogP contribution in [0.4, 0.5) is 0 Å². The van der Waals surface area contributed by atoms with E-state index in [-0.39, 0.29) is 0 Å². The van der Waals surface area contributed by atoms with Crippen molar-refractivity contribution in [3.63, 3.8) is 0 Å². The summed E-state index contributed by atoms with van der Waals surface area (Å²) in [4.78, 5) is 1.31. The summed E-state index contributed by atoms with van der Waals surface area (Å²) in [5, 5.41) is 0. The lowest BCUT2D eigenvalue weighted by Crippen LogP contribution is -2.38. The van der Waals surface area contributed by atoms with E-state index in [9.17, 15) is 0 Å². The van der Waals surface area contributed by atoms with E-state index in [0.29, 0.717) is 0 Å². The third kappa shape index (κ3) is 4.17. The van der Waals surface area contributed by atoms with Gasteiger partial charge in [-0.3, -0.25) is 0 Å². The van der Waals surface area contributed by atoms with Crippen LogP contribution in [0.2, 0.25) is 19.1 Å². The van der Waals surface area contributed by atoms with Gasteiger partial charge in [0.2, 0.25) is 0 Å². The number of ether oxygens (including phenoxy) is 2. The van der Waals surface area contributed by atoms with Crippen LogP contribution in [-0.4, -0.2) is 22.3 Å². The second-order valence-electron chi connectivity index (χ2n) is 7.19. The summed E-state index contributed by atoms with van der Waals surface area (Å²) >= 11 is 1.92. The minimum atomic E-state index is -1.54. The van der Waals surface area contributed by atoms with Gasteiger partial charge in [0.1, 0.15) is 11.5 Å². The molecule has 0 fully saturated rings. The van der Waals surface area contributed by atoms with Crippen LogP contribution >= 0.6 is 11.3 Å². The normalized spacial score (nSPS) is 11.3. The van der Waals surface area contributed by atoms with Crippen molar-refractivity contribution in [1.82, 2.24) is 0 Å². The predicted molar refractivity (Wildman–Crippen MR) is 120 cm³/mol. The highest BCUT2D eigenvalue weighted by Crippen LogP contribution is 2.38. The standard InChI is InChI=1S/C23H26O2SSi/c1-6-15-27(4,5)22-16-21(17-7-11-19(24-2)12-8-17)23(26-22)18-9-13-20(25-3)14-10-18/h6-14,16H,1,15H2,2-5H3. The monoisotopic (exact) mass is 394 g/mol. The summed E-state index contributed by atoms with van der Waals surface area (Å²) in [6, 6.07) is 20.1. The van der Waals surface area contributed by atoms with Crippen LogP contribution in [0.3, 0.4) is 0 Å². The van der Waals surface area contributed by atoms with Crippen molar-refractivity contribution >= 4 is 23.9 Å². The fourth-order valence-electron chi connectivity index (χ4n) is 3.13. The van der Waals surface area contributed by atoms with Crippen LogP contribution < -0.4 is 14.0 Å². The molecule has 0 spiro atoms. The molecule has 2 nitrogen and oxygen atoms in total.